The predicted molar refractivity (Wildman–Crippen MR) is 79.8 cm³/mol. The first-order valence-electron chi connectivity index (χ1n) is 8.56. The molecule has 2 rings (SSSR count). The number of rotatable bonds is 6. The fraction of sp³-hybridized carbons (Fsp3) is 1.00. The molecular formula is C17H33N. The Morgan fingerprint density at radius 3 is 2.33 bits per heavy atom. The highest BCUT2D eigenvalue weighted by Crippen LogP contribution is 2.37. The molecule has 0 aromatic carbocycles. The van der Waals surface area contributed by atoms with Crippen LogP contribution in [0, 0.1) is 17.8 Å². The molecule has 2 aliphatic rings. The van der Waals surface area contributed by atoms with Gasteiger partial charge in [-0.2, -0.15) is 0 Å². The molecule has 2 saturated carbocycles. The highest BCUT2D eigenvalue weighted by molar-refractivity contribution is 4.85. The van der Waals surface area contributed by atoms with Gasteiger partial charge in [-0.1, -0.05) is 58.8 Å². The third-order valence-corrected chi connectivity index (χ3v) is 5.50. The summed E-state index contributed by atoms with van der Waals surface area (Å²) < 4.78 is 0. The maximum absolute atomic E-state index is 3.82. The van der Waals surface area contributed by atoms with E-state index in [2.05, 4.69) is 19.2 Å². The Labute approximate surface area is 114 Å². The number of nitrogens with one attached hydrogen (secondary N) is 1. The van der Waals surface area contributed by atoms with Gasteiger partial charge in [0.2, 0.25) is 0 Å². The van der Waals surface area contributed by atoms with E-state index in [4.69, 9.17) is 0 Å². The molecule has 106 valence electrons. The van der Waals surface area contributed by atoms with Crippen molar-refractivity contribution >= 4 is 0 Å². The van der Waals surface area contributed by atoms with E-state index in [-0.39, 0.29) is 0 Å². The second-order valence-corrected chi connectivity index (χ2v) is 6.75. The summed E-state index contributed by atoms with van der Waals surface area (Å²) in [6.45, 7) is 5.82. The standard InChI is InChI=1S/C17H33N/c1-3-14-10-7-11-16(12-14)17(18-4-2)13-15-8-5-6-9-15/h14-18H,3-13H2,1-2H3. The van der Waals surface area contributed by atoms with Crippen molar-refractivity contribution < 1.29 is 0 Å². The van der Waals surface area contributed by atoms with Gasteiger partial charge in [-0.25, -0.2) is 0 Å². The van der Waals surface area contributed by atoms with Crippen LogP contribution in [0.1, 0.15) is 78.1 Å². The summed E-state index contributed by atoms with van der Waals surface area (Å²) in [5.41, 5.74) is 0. The molecule has 0 aliphatic heterocycles. The minimum atomic E-state index is 0.826. The lowest BCUT2D eigenvalue weighted by molar-refractivity contribution is 0.189. The maximum atomic E-state index is 3.82. The monoisotopic (exact) mass is 251 g/mol. The summed E-state index contributed by atoms with van der Waals surface area (Å²) in [5, 5.41) is 3.82. The second kappa shape index (κ2) is 7.53. The van der Waals surface area contributed by atoms with Gasteiger partial charge in [0.15, 0.2) is 0 Å². The largest absolute Gasteiger partial charge is 0.314 e. The van der Waals surface area contributed by atoms with Crippen LogP contribution in [0.25, 0.3) is 0 Å². The summed E-state index contributed by atoms with van der Waals surface area (Å²) in [4.78, 5) is 0. The van der Waals surface area contributed by atoms with Gasteiger partial charge in [0.05, 0.1) is 0 Å². The summed E-state index contributed by atoms with van der Waals surface area (Å²) in [7, 11) is 0. The van der Waals surface area contributed by atoms with Gasteiger partial charge in [-0.15, -0.1) is 0 Å². The highest BCUT2D eigenvalue weighted by Gasteiger charge is 2.29. The summed E-state index contributed by atoms with van der Waals surface area (Å²) in [5.74, 6) is 3.04. The van der Waals surface area contributed by atoms with Gasteiger partial charge in [0.25, 0.3) is 0 Å². The van der Waals surface area contributed by atoms with Gasteiger partial charge >= 0.3 is 0 Å². The van der Waals surface area contributed by atoms with Crippen LogP contribution in [0.5, 0.6) is 0 Å². The van der Waals surface area contributed by atoms with Crippen LogP contribution < -0.4 is 5.32 Å². The quantitative estimate of drug-likeness (QED) is 0.717. The van der Waals surface area contributed by atoms with Crippen LogP contribution >= 0.6 is 0 Å². The van der Waals surface area contributed by atoms with E-state index >= 15 is 0 Å². The van der Waals surface area contributed by atoms with Gasteiger partial charge in [0, 0.05) is 6.04 Å². The minimum Gasteiger partial charge on any atom is -0.314 e. The third kappa shape index (κ3) is 3.98. The Balaban J connectivity index is 1.86. The van der Waals surface area contributed by atoms with Crippen LogP contribution in [0.4, 0.5) is 0 Å². The average molecular weight is 251 g/mol. The highest BCUT2D eigenvalue weighted by atomic mass is 14.9. The topological polar surface area (TPSA) is 12.0 Å². The van der Waals surface area contributed by atoms with Crippen molar-refractivity contribution in [1.82, 2.24) is 5.32 Å². The lowest BCUT2D eigenvalue weighted by Gasteiger charge is -2.36. The predicted octanol–water partition coefficient (Wildman–Crippen LogP) is 4.76. The minimum absolute atomic E-state index is 0.826. The van der Waals surface area contributed by atoms with E-state index in [0.29, 0.717) is 0 Å². The molecule has 0 radical (unpaired) electrons. The summed E-state index contributed by atoms with van der Waals surface area (Å²) in [6.07, 6.45) is 14.8. The van der Waals surface area contributed by atoms with Crippen molar-refractivity contribution in [3.8, 4) is 0 Å². The Kier molecular flexibility index (Phi) is 6.01. The molecule has 0 spiro atoms. The molecule has 0 saturated heterocycles. The number of hydrogen-bond donors (Lipinski definition) is 1. The molecular weight excluding hydrogens is 218 g/mol. The third-order valence-electron chi connectivity index (χ3n) is 5.50. The zero-order valence-electron chi connectivity index (χ0n) is 12.6. The fourth-order valence-corrected chi connectivity index (χ4v) is 4.38. The summed E-state index contributed by atoms with van der Waals surface area (Å²) >= 11 is 0. The van der Waals surface area contributed by atoms with Crippen LogP contribution in [0.15, 0.2) is 0 Å². The first kappa shape index (κ1) is 14.4. The van der Waals surface area contributed by atoms with Gasteiger partial charge in [-0.3, -0.25) is 0 Å². The SMILES string of the molecule is CCNC(CC1CCCC1)C1CCCC(CC)C1. The van der Waals surface area contributed by atoms with Crippen molar-refractivity contribution in [3.63, 3.8) is 0 Å². The summed E-state index contributed by atoms with van der Waals surface area (Å²) in [6, 6.07) is 0.826. The van der Waals surface area contributed by atoms with E-state index in [1.54, 1.807) is 0 Å². The molecule has 0 amide bonds. The number of hydrogen-bond acceptors (Lipinski definition) is 1. The van der Waals surface area contributed by atoms with Crippen LogP contribution in [0.2, 0.25) is 0 Å². The Morgan fingerprint density at radius 2 is 1.67 bits per heavy atom. The van der Waals surface area contributed by atoms with Crippen molar-refractivity contribution in [2.75, 3.05) is 6.54 Å². The molecule has 0 aromatic heterocycles. The van der Waals surface area contributed by atoms with E-state index in [1.807, 2.05) is 0 Å². The van der Waals surface area contributed by atoms with Crippen LogP contribution in [0.3, 0.4) is 0 Å². The normalized spacial score (nSPS) is 31.7. The van der Waals surface area contributed by atoms with Crippen molar-refractivity contribution in [2.45, 2.75) is 84.1 Å². The molecule has 1 nitrogen and oxygen atoms in total. The molecule has 3 unspecified atom stereocenters. The fourth-order valence-electron chi connectivity index (χ4n) is 4.38. The Bertz CT molecular complexity index is 220. The van der Waals surface area contributed by atoms with E-state index < -0.39 is 0 Å². The lowest BCUT2D eigenvalue weighted by Crippen LogP contribution is -2.39. The van der Waals surface area contributed by atoms with E-state index in [9.17, 15) is 0 Å². The molecule has 0 bridgehead atoms. The molecule has 0 heterocycles. The molecule has 1 heteroatoms. The second-order valence-electron chi connectivity index (χ2n) is 6.75. The van der Waals surface area contributed by atoms with Crippen molar-refractivity contribution in [1.29, 1.82) is 0 Å². The van der Waals surface area contributed by atoms with E-state index in [1.165, 1.54) is 64.2 Å². The maximum Gasteiger partial charge on any atom is 0.00979 e. The molecule has 3 atom stereocenters. The molecule has 0 aromatic rings. The van der Waals surface area contributed by atoms with Gasteiger partial charge < -0.3 is 5.32 Å². The van der Waals surface area contributed by atoms with Crippen molar-refractivity contribution in [2.24, 2.45) is 17.8 Å². The first-order chi connectivity index (χ1) is 8.83. The Morgan fingerprint density at radius 1 is 0.944 bits per heavy atom. The smallest absolute Gasteiger partial charge is 0.00979 e. The zero-order valence-corrected chi connectivity index (χ0v) is 12.6. The first-order valence-corrected chi connectivity index (χ1v) is 8.56. The lowest BCUT2D eigenvalue weighted by atomic mass is 9.74. The molecule has 2 aliphatic carbocycles. The van der Waals surface area contributed by atoms with Gasteiger partial charge in [0.1, 0.15) is 0 Å². The average Bonchev–Trinajstić information content (AvgIpc) is 2.91. The molecule has 1 N–H and O–H groups in total. The Hall–Kier alpha value is -0.0400. The van der Waals surface area contributed by atoms with E-state index in [0.717, 1.165) is 30.3 Å². The molecule has 18 heavy (non-hydrogen) atoms. The van der Waals surface area contributed by atoms with Crippen LogP contribution in [-0.4, -0.2) is 12.6 Å². The van der Waals surface area contributed by atoms with Crippen molar-refractivity contribution in [3.05, 3.63) is 0 Å². The van der Waals surface area contributed by atoms with Gasteiger partial charge in [-0.05, 0) is 43.6 Å². The van der Waals surface area contributed by atoms with Crippen LogP contribution in [-0.2, 0) is 0 Å². The zero-order chi connectivity index (χ0) is 12.8. The molecule has 2 fully saturated rings.